The van der Waals surface area contributed by atoms with E-state index in [2.05, 4.69) is 0 Å². The molecule has 0 rings (SSSR count). The number of nitrogens with two attached hydrogens (primary N) is 1. The molecule has 0 saturated heterocycles. The van der Waals surface area contributed by atoms with Crippen LogP contribution in [0.3, 0.4) is 0 Å². The van der Waals surface area contributed by atoms with Crippen molar-refractivity contribution in [3.8, 4) is 0 Å². The highest BCUT2D eigenvalue weighted by atomic mass is 32.1. The molecule has 0 aliphatic heterocycles. The summed E-state index contributed by atoms with van der Waals surface area (Å²) in [4.78, 5) is 1.67. The van der Waals surface area contributed by atoms with E-state index in [0.29, 0.717) is 12.8 Å². The van der Waals surface area contributed by atoms with E-state index in [1.54, 1.807) is 13.8 Å². The molecule has 2 N–H and O–H groups in total. The van der Waals surface area contributed by atoms with Crippen LogP contribution in [-0.2, 0) is 0 Å². The van der Waals surface area contributed by atoms with E-state index in [0.717, 1.165) is 0 Å². The van der Waals surface area contributed by atoms with E-state index in [1.807, 2.05) is 6.92 Å². The van der Waals surface area contributed by atoms with Gasteiger partial charge >= 0.3 is 6.18 Å². The summed E-state index contributed by atoms with van der Waals surface area (Å²) in [5.74, 6) is 0. The number of alkyl halides is 3. The van der Waals surface area contributed by atoms with Gasteiger partial charge in [-0.15, -0.1) is 0 Å². The monoisotopic (exact) mass is 256 g/mol. The number of hydrogen-bond donors (Lipinski definition) is 1. The summed E-state index contributed by atoms with van der Waals surface area (Å²) < 4.78 is 37.2. The van der Waals surface area contributed by atoms with Crippen molar-refractivity contribution in [2.45, 2.75) is 51.9 Å². The Morgan fingerprint density at radius 2 is 1.88 bits per heavy atom. The third kappa shape index (κ3) is 6.27. The highest BCUT2D eigenvalue weighted by Crippen LogP contribution is 2.22. The van der Waals surface area contributed by atoms with Crippen LogP contribution in [0.2, 0.25) is 0 Å². The second kappa shape index (κ2) is 6.39. The highest BCUT2D eigenvalue weighted by molar-refractivity contribution is 7.80. The zero-order valence-corrected chi connectivity index (χ0v) is 10.7. The number of rotatable bonds is 6. The fraction of sp³-hybridized carbons (Fsp3) is 0.900. The lowest BCUT2D eigenvalue weighted by Crippen LogP contribution is -2.46. The lowest BCUT2D eigenvalue weighted by atomic mass is 10.1. The normalized spacial score (nSPS) is 14.5. The number of nitrogens with zero attached hydrogens (tertiary/aromatic N) is 1. The van der Waals surface area contributed by atoms with Gasteiger partial charge in [0, 0.05) is 18.5 Å². The maximum atomic E-state index is 12.4. The molecular weight excluding hydrogens is 237 g/mol. The van der Waals surface area contributed by atoms with Gasteiger partial charge in [0.1, 0.15) is 0 Å². The van der Waals surface area contributed by atoms with Gasteiger partial charge in [-0.25, -0.2) is 0 Å². The Morgan fingerprint density at radius 1 is 1.38 bits per heavy atom. The van der Waals surface area contributed by atoms with Crippen molar-refractivity contribution in [3.63, 3.8) is 0 Å². The summed E-state index contributed by atoms with van der Waals surface area (Å²) >= 11 is 4.76. The third-order valence-corrected chi connectivity index (χ3v) is 2.57. The molecule has 96 valence electrons. The SMILES string of the molecule is CCC(CC(N)=S)N(CC(F)(F)F)C(C)C. The molecule has 0 aromatic carbocycles. The lowest BCUT2D eigenvalue weighted by Gasteiger charge is -2.34. The molecular formula is C10H19F3N2S. The Morgan fingerprint density at radius 3 is 2.12 bits per heavy atom. The largest absolute Gasteiger partial charge is 0.401 e. The van der Waals surface area contributed by atoms with Gasteiger partial charge in [0.05, 0.1) is 11.5 Å². The predicted molar refractivity (Wildman–Crippen MR) is 63.4 cm³/mol. The van der Waals surface area contributed by atoms with E-state index in [1.165, 1.54) is 4.90 Å². The minimum Gasteiger partial charge on any atom is -0.393 e. The van der Waals surface area contributed by atoms with Gasteiger partial charge in [0.15, 0.2) is 0 Å². The summed E-state index contributed by atoms with van der Waals surface area (Å²) in [6.45, 7) is 4.42. The first-order chi connectivity index (χ1) is 7.17. The predicted octanol–water partition coefficient (Wildman–Crippen LogP) is 2.71. The first-order valence-corrected chi connectivity index (χ1v) is 5.69. The van der Waals surface area contributed by atoms with Crippen molar-refractivity contribution in [2.75, 3.05) is 6.54 Å². The van der Waals surface area contributed by atoms with Crippen molar-refractivity contribution in [2.24, 2.45) is 5.73 Å². The standard InChI is InChI=1S/C10H19F3N2S/c1-4-8(5-9(14)16)15(7(2)3)6-10(11,12)13/h7-8H,4-6H2,1-3H3,(H2,14,16). The van der Waals surface area contributed by atoms with Crippen LogP contribution in [0.1, 0.15) is 33.6 Å². The number of hydrogen-bond acceptors (Lipinski definition) is 2. The van der Waals surface area contributed by atoms with Crippen LogP contribution in [-0.4, -0.2) is 34.7 Å². The fourth-order valence-electron chi connectivity index (χ4n) is 1.67. The molecule has 16 heavy (non-hydrogen) atoms. The Hall–Kier alpha value is -0.360. The molecule has 0 radical (unpaired) electrons. The van der Waals surface area contributed by atoms with Gasteiger partial charge < -0.3 is 5.73 Å². The minimum atomic E-state index is -4.19. The van der Waals surface area contributed by atoms with Gasteiger partial charge in [-0.2, -0.15) is 13.2 Å². The molecule has 0 aliphatic rings. The first kappa shape index (κ1) is 15.6. The molecule has 1 unspecified atom stereocenters. The van der Waals surface area contributed by atoms with Crippen LogP contribution < -0.4 is 5.73 Å². The van der Waals surface area contributed by atoms with Crippen LogP contribution >= 0.6 is 12.2 Å². The Bertz CT molecular complexity index is 229. The zero-order chi connectivity index (χ0) is 12.9. The van der Waals surface area contributed by atoms with Gasteiger partial charge in [-0.05, 0) is 20.3 Å². The fourth-order valence-corrected chi connectivity index (χ4v) is 1.86. The lowest BCUT2D eigenvalue weighted by molar-refractivity contribution is -0.155. The molecule has 2 nitrogen and oxygen atoms in total. The maximum absolute atomic E-state index is 12.4. The zero-order valence-electron chi connectivity index (χ0n) is 9.84. The minimum absolute atomic E-state index is 0.180. The van der Waals surface area contributed by atoms with E-state index in [4.69, 9.17) is 18.0 Å². The number of halogens is 3. The summed E-state index contributed by atoms with van der Waals surface area (Å²) in [5.41, 5.74) is 5.39. The average molecular weight is 256 g/mol. The van der Waals surface area contributed by atoms with Gasteiger partial charge in [-0.3, -0.25) is 4.90 Å². The van der Waals surface area contributed by atoms with Crippen molar-refractivity contribution in [1.82, 2.24) is 4.90 Å². The Kier molecular flexibility index (Phi) is 6.25. The number of thiocarbonyl (C=S) groups is 1. The Labute approximate surface area is 100.0 Å². The highest BCUT2D eigenvalue weighted by Gasteiger charge is 2.34. The van der Waals surface area contributed by atoms with Crippen molar-refractivity contribution >= 4 is 17.2 Å². The molecule has 0 aromatic heterocycles. The average Bonchev–Trinajstić information content (AvgIpc) is 2.08. The summed E-state index contributed by atoms with van der Waals surface area (Å²) in [5, 5.41) is 0. The molecule has 6 heteroatoms. The Balaban J connectivity index is 4.66. The van der Waals surface area contributed by atoms with E-state index in [9.17, 15) is 13.2 Å². The topological polar surface area (TPSA) is 29.3 Å². The molecule has 0 saturated carbocycles. The van der Waals surface area contributed by atoms with Crippen LogP contribution in [0.25, 0.3) is 0 Å². The van der Waals surface area contributed by atoms with E-state index < -0.39 is 12.7 Å². The van der Waals surface area contributed by atoms with E-state index >= 15 is 0 Å². The second-order valence-electron chi connectivity index (χ2n) is 4.11. The summed E-state index contributed by atoms with van der Waals surface area (Å²) in [7, 11) is 0. The van der Waals surface area contributed by atoms with Crippen LogP contribution in [0, 0.1) is 0 Å². The molecule has 0 aromatic rings. The van der Waals surface area contributed by atoms with Crippen molar-refractivity contribution in [3.05, 3.63) is 0 Å². The molecule has 0 spiro atoms. The quantitative estimate of drug-likeness (QED) is 0.741. The summed E-state index contributed by atoms with van der Waals surface area (Å²) in [6, 6.07) is -0.417. The van der Waals surface area contributed by atoms with Crippen molar-refractivity contribution < 1.29 is 13.2 Å². The maximum Gasteiger partial charge on any atom is 0.401 e. The van der Waals surface area contributed by atoms with Gasteiger partial charge in [0.25, 0.3) is 0 Å². The molecule has 0 fully saturated rings. The first-order valence-electron chi connectivity index (χ1n) is 5.28. The second-order valence-corrected chi connectivity index (χ2v) is 4.64. The van der Waals surface area contributed by atoms with Crippen LogP contribution in [0.4, 0.5) is 13.2 Å². The third-order valence-electron chi connectivity index (χ3n) is 2.40. The van der Waals surface area contributed by atoms with Gasteiger partial charge in [-0.1, -0.05) is 19.1 Å². The van der Waals surface area contributed by atoms with E-state index in [-0.39, 0.29) is 17.1 Å². The molecule has 0 heterocycles. The van der Waals surface area contributed by atoms with Gasteiger partial charge in [0.2, 0.25) is 0 Å². The summed E-state index contributed by atoms with van der Waals surface area (Å²) in [6.07, 6.45) is -3.25. The molecule has 0 bridgehead atoms. The smallest absolute Gasteiger partial charge is 0.393 e. The van der Waals surface area contributed by atoms with Crippen LogP contribution in [0.5, 0.6) is 0 Å². The molecule has 1 atom stereocenters. The molecule has 0 amide bonds. The molecule has 0 aliphatic carbocycles. The van der Waals surface area contributed by atoms with Crippen molar-refractivity contribution in [1.29, 1.82) is 0 Å². The van der Waals surface area contributed by atoms with Crippen LogP contribution in [0.15, 0.2) is 0 Å².